The summed E-state index contributed by atoms with van der Waals surface area (Å²) in [6.07, 6.45) is 1.14. The summed E-state index contributed by atoms with van der Waals surface area (Å²) < 4.78 is 11.5. The molecule has 0 saturated carbocycles. The standard InChI is InChI=1S/C26H36N4O2.HI/c1-2-27-26(28-18-24-10-6-7-11-25(24)29-14-16-31-17-15-29)30-13-12-23(19-30)21-32-20-22-8-4-3-5-9-22;/h3-11,23H,2,12-21H2,1H3,(H,27,28);1H. The molecule has 2 saturated heterocycles. The average molecular weight is 565 g/mol. The third kappa shape index (κ3) is 7.58. The zero-order valence-electron chi connectivity index (χ0n) is 19.6. The van der Waals surface area contributed by atoms with Gasteiger partial charge in [0.05, 0.1) is 33.0 Å². The number of para-hydroxylation sites is 1. The van der Waals surface area contributed by atoms with E-state index >= 15 is 0 Å². The molecular weight excluding hydrogens is 527 g/mol. The number of nitrogens with zero attached hydrogens (tertiary/aromatic N) is 3. The number of likely N-dealkylation sites (tertiary alicyclic amines) is 1. The number of morpholine rings is 1. The van der Waals surface area contributed by atoms with Gasteiger partial charge in [-0.3, -0.25) is 0 Å². The van der Waals surface area contributed by atoms with Crippen molar-refractivity contribution in [2.24, 2.45) is 10.9 Å². The monoisotopic (exact) mass is 564 g/mol. The van der Waals surface area contributed by atoms with Crippen molar-refractivity contribution in [1.82, 2.24) is 10.2 Å². The number of guanidine groups is 1. The van der Waals surface area contributed by atoms with Crippen molar-refractivity contribution in [2.75, 3.05) is 57.4 Å². The van der Waals surface area contributed by atoms with Crippen LogP contribution in [0.4, 0.5) is 5.69 Å². The maximum Gasteiger partial charge on any atom is 0.194 e. The van der Waals surface area contributed by atoms with E-state index in [2.05, 4.69) is 70.6 Å². The van der Waals surface area contributed by atoms with Gasteiger partial charge in [-0.15, -0.1) is 24.0 Å². The van der Waals surface area contributed by atoms with Gasteiger partial charge in [-0.2, -0.15) is 0 Å². The van der Waals surface area contributed by atoms with Gasteiger partial charge < -0.3 is 24.6 Å². The molecule has 0 spiro atoms. The van der Waals surface area contributed by atoms with Gasteiger partial charge in [-0.25, -0.2) is 4.99 Å². The molecule has 4 rings (SSSR count). The smallest absolute Gasteiger partial charge is 0.194 e. The number of hydrogen-bond donors (Lipinski definition) is 1. The lowest BCUT2D eigenvalue weighted by molar-refractivity contribution is 0.0906. The lowest BCUT2D eigenvalue weighted by Crippen LogP contribution is -2.40. The lowest BCUT2D eigenvalue weighted by atomic mass is 10.1. The molecule has 2 aliphatic rings. The van der Waals surface area contributed by atoms with Crippen LogP contribution in [-0.2, 0) is 22.6 Å². The van der Waals surface area contributed by atoms with Crippen LogP contribution in [0.2, 0.25) is 0 Å². The molecule has 2 aromatic rings. The zero-order valence-corrected chi connectivity index (χ0v) is 21.9. The second-order valence-electron chi connectivity index (χ2n) is 8.50. The first-order valence-corrected chi connectivity index (χ1v) is 11.9. The van der Waals surface area contributed by atoms with Gasteiger partial charge in [-0.1, -0.05) is 48.5 Å². The van der Waals surface area contributed by atoms with E-state index in [1.165, 1.54) is 16.8 Å². The Labute approximate surface area is 215 Å². The molecule has 180 valence electrons. The lowest BCUT2D eigenvalue weighted by Gasteiger charge is -2.30. The Morgan fingerprint density at radius 3 is 2.61 bits per heavy atom. The first kappa shape index (κ1) is 25.8. The quantitative estimate of drug-likeness (QED) is 0.297. The SMILES string of the molecule is CCNC(=NCc1ccccc1N1CCOCC1)N1CCC(COCc2ccccc2)C1.I. The highest BCUT2D eigenvalue weighted by molar-refractivity contribution is 14.0. The molecule has 1 unspecified atom stereocenters. The average Bonchev–Trinajstić information content (AvgIpc) is 3.32. The molecule has 6 nitrogen and oxygen atoms in total. The van der Waals surface area contributed by atoms with Crippen molar-refractivity contribution >= 4 is 35.6 Å². The minimum Gasteiger partial charge on any atom is -0.378 e. The van der Waals surface area contributed by atoms with E-state index in [0.29, 0.717) is 19.1 Å². The molecule has 33 heavy (non-hydrogen) atoms. The fraction of sp³-hybridized carbons (Fsp3) is 0.500. The van der Waals surface area contributed by atoms with Crippen LogP contribution in [0.25, 0.3) is 0 Å². The topological polar surface area (TPSA) is 49.3 Å². The fourth-order valence-corrected chi connectivity index (χ4v) is 4.42. The van der Waals surface area contributed by atoms with Crippen LogP contribution in [0.1, 0.15) is 24.5 Å². The highest BCUT2D eigenvalue weighted by Crippen LogP contribution is 2.23. The van der Waals surface area contributed by atoms with E-state index in [0.717, 1.165) is 64.9 Å². The third-order valence-corrected chi connectivity index (χ3v) is 6.13. The summed E-state index contributed by atoms with van der Waals surface area (Å²) in [7, 11) is 0. The van der Waals surface area contributed by atoms with E-state index in [1.807, 2.05) is 6.07 Å². The van der Waals surface area contributed by atoms with Crippen LogP contribution in [0.5, 0.6) is 0 Å². The molecule has 1 atom stereocenters. The van der Waals surface area contributed by atoms with Crippen LogP contribution in [0.15, 0.2) is 59.6 Å². The van der Waals surface area contributed by atoms with E-state index in [1.54, 1.807) is 0 Å². The first-order valence-electron chi connectivity index (χ1n) is 11.9. The van der Waals surface area contributed by atoms with Crippen LogP contribution in [0, 0.1) is 5.92 Å². The number of anilines is 1. The van der Waals surface area contributed by atoms with E-state index in [4.69, 9.17) is 14.5 Å². The maximum atomic E-state index is 6.00. The Balaban J connectivity index is 0.00000306. The van der Waals surface area contributed by atoms with Gasteiger partial charge in [0.25, 0.3) is 0 Å². The molecular formula is C26H37IN4O2. The molecule has 2 aliphatic heterocycles. The van der Waals surface area contributed by atoms with Crippen LogP contribution in [0.3, 0.4) is 0 Å². The Bertz CT molecular complexity index is 858. The molecule has 7 heteroatoms. The third-order valence-electron chi connectivity index (χ3n) is 6.13. The largest absolute Gasteiger partial charge is 0.378 e. The number of ether oxygens (including phenoxy) is 2. The van der Waals surface area contributed by atoms with Crippen molar-refractivity contribution in [3.05, 3.63) is 65.7 Å². The summed E-state index contributed by atoms with van der Waals surface area (Å²) in [4.78, 5) is 9.82. The molecule has 0 aromatic heterocycles. The minimum atomic E-state index is 0. The molecule has 0 amide bonds. The summed E-state index contributed by atoms with van der Waals surface area (Å²) in [5.74, 6) is 1.55. The molecule has 0 aliphatic carbocycles. The summed E-state index contributed by atoms with van der Waals surface area (Å²) in [5, 5.41) is 3.50. The maximum absolute atomic E-state index is 6.00. The van der Waals surface area contributed by atoms with Crippen LogP contribution in [-0.4, -0.2) is 63.4 Å². The second kappa shape index (κ2) is 13.8. The molecule has 1 N–H and O–H groups in total. The molecule has 2 fully saturated rings. The fourth-order valence-electron chi connectivity index (χ4n) is 4.42. The minimum absolute atomic E-state index is 0. The van der Waals surface area contributed by atoms with Crippen molar-refractivity contribution < 1.29 is 9.47 Å². The number of benzene rings is 2. The number of nitrogens with one attached hydrogen (secondary N) is 1. The van der Waals surface area contributed by atoms with E-state index in [9.17, 15) is 0 Å². The zero-order chi connectivity index (χ0) is 22.0. The van der Waals surface area contributed by atoms with E-state index < -0.39 is 0 Å². The van der Waals surface area contributed by atoms with Gasteiger partial charge in [0, 0.05) is 44.3 Å². The number of hydrogen-bond acceptors (Lipinski definition) is 4. The summed E-state index contributed by atoms with van der Waals surface area (Å²) in [6.45, 7) is 10.7. The predicted molar refractivity (Wildman–Crippen MR) is 145 cm³/mol. The van der Waals surface area contributed by atoms with Gasteiger partial charge in [0.1, 0.15) is 0 Å². The summed E-state index contributed by atoms with van der Waals surface area (Å²) in [6, 6.07) is 19.0. The summed E-state index contributed by atoms with van der Waals surface area (Å²) >= 11 is 0. The highest BCUT2D eigenvalue weighted by Gasteiger charge is 2.25. The van der Waals surface area contributed by atoms with Crippen molar-refractivity contribution in [3.8, 4) is 0 Å². The van der Waals surface area contributed by atoms with Gasteiger partial charge in [-0.05, 0) is 30.5 Å². The van der Waals surface area contributed by atoms with Crippen molar-refractivity contribution in [2.45, 2.75) is 26.5 Å². The normalized spacial score (nSPS) is 18.8. The number of rotatable bonds is 8. The Kier molecular flexibility index (Phi) is 10.8. The molecule has 2 aromatic carbocycles. The predicted octanol–water partition coefficient (Wildman–Crippen LogP) is 4.15. The van der Waals surface area contributed by atoms with Gasteiger partial charge >= 0.3 is 0 Å². The Morgan fingerprint density at radius 2 is 1.82 bits per heavy atom. The van der Waals surface area contributed by atoms with Crippen molar-refractivity contribution in [3.63, 3.8) is 0 Å². The summed E-state index contributed by atoms with van der Waals surface area (Å²) in [5.41, 5.74) is 3.78. The Hall–Kier alpha value is -1.84. The highest BCUT2D eigenvalue weighted by atomic mass is 127. The van der Waals surface area contributed by atoms with Gasteiger partial charge in [0.15, 0.2) is 5.96 Å². The number of aliphatic imine (C=N–C) groups is 1. The van der Waals surface area contributed by atoms with Gasteiger partial charge in [0.2, 0.25) is 0 Å². The molecule has 0 radical (unpaired) electrons. The molecule has 2 heterocycles. The Morgan fingerprint density at radius 1 is 1.06 bits per heavy atom. The first-order chi connectivity index (χ1) is 15.8. The number of halogens is 1. The van der Waals surface area contributed by atoms with E-state index in [-0.39, 0.29) is 24.0 Å². The molecule has 0 bridgehead atoms. The second-order valence-corrected chi connectivity index (χ2v) is 8.50. The van der Waals surface area contributed by atoms with Crippen LogP contribution >= 0.6 is 24.0 Å². The van der Waals surface area contributed by atoms with Crippen LogP contribution < -0.4 is 10.2 Å². The van der Waals surface area contributed by atoms with Crippen molar-refractivity contribution in [1.29, 1.82) is 0 Å².